The van der Waals surface area contributed by atoms with Crippen molar-refractivity contribution in [3.05, 3.63) is 72.0 Å². The molecule has 1 amide bonds. The summed E-state index contributed by atoms with van der Waals surface area (Å²) in [6, 6.07) is 18.2. The summed E-state index contributed by atoms with van der Waals surface area (Å²) in [5.74, 6) is 0.363. The number of nitrogens with zero attached hydrogens (tertiary/aromatic N) is 2. The van der Waals surface area contributed by atoms with Crippen molar-refractivity contribution in [2.24, 2.45) is 0 Å². The first kappa shape index (κ1) is 20.2. The zero-order valence-corrected chi connectivity index (χ0v) is 17.1. The fraction of sp³-hybridized carbons (Fsp3) is 0.292. The number of anilines is 1. The molecular weight excluding hydrogens is 381 g/mol. The van der Waals surface area contributed by atoms with E-state index in [9.17, 15) is 9.18 Å². The van der Waals surface area contributed by atoms with Crippen LogP contribution in [0.1, 0.15) is 10.4 Å². The third kappa shape index (κ3) is 4.54. The Hall–Kier alpha value is -3.12. The van der Waals surface area contributed by atoms with E-state index < -0.39 is 0 Å². The molecule has 1 saturated heterocycles. The highest BCUT2D eigenvalue weighted by atomic mass is 19.1. The summed E-state index contributed by atoms with van der Waals surface area (Å²) in [6.07, 6.45) is 0. The van der Waals surface area contributed by atoms with Crippen LogP contribution >= 0.6 is 0 Å². The average molecular weight is 407 g/mol. The van der Waals surface area contributed by atoms with Gasteiger partial charge in [0.25, 0.3) is 5.91 Å². The van der Waals surface area contributed by atoms with Crippen molar-refractivity contribution >= 4 is 22.4 Å². The molecule has 1 heterocycles. The highest BCUT2D eigenvalue weighted by Gasteiger charge is 2.18. The van der Waals surface area contributed by atoms with E-state index >= 15 is 0 Å². The second-order valence-electron chi connectivity index (χ2n) is 7.46. The Balaban J connectivity index is 1.29. The average Bonchev–Trinajstić information content (AvgIpc) is 2.79. The summed E-state index contributed by atoms with van der Waals surface area (Å²) >= 11 is 0. The third-order valence-electron chi connectivity index (χ3n) is 5.60. The second kappa shape index (κ2) is 9.13. The molecule has 6 heteroatoms. The lowest BCUT2D eigenvalue weighted by Gasteiger charge is -2.36. The van der Waals surface area contributed by atoms with E-state index in [0.717, 1.165) is 38.5 Å². The number of carbonyl (C=O) groups is 1. The largest absolute Gasteiger partial charge is 0.497 e. The summed E-state index contributed by atoms with van der Waals surface area (Å²) in [4.78, 5) is 16.9. The van der Waals surface area contributed by atoms with Gasteiger partial charge in [-0.1, -0.05) is 12.1 Å². The van der Waals surface area contributed by atoms with E-state index in [1.165, 1.54) is 40.7 Å². The molecule has 30 heavy (non-hydrogen) atoms. The number of amides is 1. The van der Waals surface area contributed by atoms with E-state index in [1.54, 1.807) is 7.11 Å². The highest BCUT2D eigenvalue weighted by molar-refractivity contribution is 5.95. The topological polar surface area (TPSA) is 44.8 Å². The van der Waals surface area contributed by atoms with Crippen LogP contribution in [-0.2, 0) is 0 Å². The van der Waals surface area contributed by atoms with Crippen molar-refractivity contribution < 1.29 is 13.9 Å². The predicted molar refractivity (Wildman–Crippen MR) is 118 cm³/mol. The van der Waals surface area contributed by atoms with Gasteiger partial charge in [-0.2, -0.15) is 0 Å². The number of ether oxygens (including phenoxy) is 1. The summed E-state index contributed by atoms with van der Waals surface area (Å²) in [6.45, 7) is 5.14. The molecule has 3 aromatic rings. The van der Waals surface area contributed by atoms with E-state index in [-0.39, 0.29) is 11.7 Å². The lowest BCUT2D eigenvalue weighted by molar-refractivity contribution is 0.0947. The van der Waals surface area contributed by atoms with Crippen molar-refractivity contribution in [1.82, 2.24) is 10.2 Å². The second-order valence-corrected chi connectivity index (χ2v) is 7.46. The first-order valence-corrected chi connectivity index (χ1v) is 10.2. The molecule has 3 aromatic carbocycles. The number of hydrogen-bond donors (Lipinski definition) is 1. The van der Waals surface area contributed by atoms with Crippen LogP contribution in [0.2, 0.25) is 0 Å². The number of nitrogens with one attached hydrogen (secondary N) is 1. The van der Waals surface area contributed by atoms with Crippen LogP contribution in [-0.4, -0.2) is 57.2 Å². The summed E-state index contributed by atoms with van der Waals surface area (Å²) < 4.78 is 18.3. The van der Waals surface area contributed by atoms with Gasteiger partial charge in [-0.3, -0.25) is 9.69 Å². The van der Waals surface area contributed by atoms with Crippen LogP contribution < -0.4 is 15.0 Å². The van der Waals surface area contributed by atoms with Crippen molar-refractivity contribution in [3.63, 3.8) is 0 Å². The molecular formula is C24H26FN3O2. The number of hydrogen-bond acceptors (Lipinski definition) is 4. The minimum Gasteiger partial charge on any atom is -0.497 e. The minimum absolute atomic E-state index is 0.167. The molecule has 0 atom stereocenters. The molecule has 1 aliphatic rings. The van der Waals surface area contributed by atoms with E-state index in [0.29, 0.717) is 12.1 Å². The van der Waals surface area contributed by atoms with Gasteiger partial charge >= 0.3 is 0 Å². The van der Waals surface area contributed by atoms with Crippen LogP contribution in [0.5, 0.6) is 5.75 Å². The number of benzene rings is 3. The molecule has 0 saturated carbocycles. The molecule has 0 radical (unpaired) electrons. The maximum Gasteiger partial charge on any atom is 0.251 e. The zero-order valence-electron chi connectivity index (χ0n) is 17.1. The monoisotopic (exact) mass is 407 g/mol. The normalized spacial score (nSPS) is 14.7. The van der Waals surface area contributed by atoms with E-state index in [2.05, 4.69) is 45.4 Å². The number of piperazine rings is 1. The molecule has 0 aromatic heterocycles. The molecule has 156 valence electrons. The van der Waals surface area contributed by atoms with E-state index in [4.69, 9.17) is 4.74 Å². The van der Waals surface area contributed by atoms with Gasteiger partial charge in [0.1, 0.15) is 11.6 Å². The molecule has 0 aliphatic carbocycles. The summed E-state index contributed by atoms with van der Waals surface area (Å²) in [5, 5.41) is 5.33. The minimum atomic E-state index is -0.338. The van der Waals surface area contributed by atoms with Gasteiger partial charge in [0.2, 0.25) is 0 Å². The maximum atomic E-state index is 13.0. The van der Waals surface area contributed by atoms with Crippen LogP contribution in [0, 0.1) is 5.82 Å². The molecule has 0 spiro atoms. The standard InChI is InChI=1S/C24H26FN3O2/c1-30-21-9-10-22-19(17-21)3-2-4-23(22)28-15-13-27(14-16-28)12-11-26-24(29)18-5-7-20(25)8-6-18/h2-10,17H,11-16H2,1H3,(H,26,29). The summed E-state index contributed by atoms with van der Waals surface area (Å²) in [7, 11) is 1.69. The Morgan fingerprint density at radius 1 is 1.03 bits per heavy atom. The van der Waals surface area contributed by atoms with Crippen molar-refractivity contribution in [2.45, 2.75) is 0 Å². The first-order chi connectivity index (χ1) is 14.6. The van der Waals surface area contributed by atoms with Gasteiger partial charge in [-0.25, -0.2) is 4.39 Å². The quantitative estimate of drug-likeness (QED) is 0.679. The van der Waals surface area contributed by atoms with Crippen molar-refractivity contribution in [2.75, 3.05) is 51.3 Å². The Bertz CT molecular complexity index is 1010. The van der Waals surface area contributed by atoms with Crippen LogP contribution in [0.4, 0.5) is 10.1 Å². The maximum absolute atomic E-state index is 13.0. The Labute approximate surface area is 176 Å². The highest BCUT2D eigenvalue weighted by Crippen LogP contribution is 2.30. The summed E-state index contributed by atoms with van der Waals surface area (Å²) in [5.41, 5.74) is 1.73. The molecule has 0 bridgehead atoms. The van der Waals surface area contributed by atoms with Crippen molar-refractivity contribution in [1.29, 1.82) is 0 Å². The smallest absolute Gasteiger partial charge is 0.251 e. The fourth-order valence-corrected chi connectivity index (χ4v) is 3.89. The molecule has 1 fully saturated rings. The SMILES string of the molecule is COc1ccc2c(N3CCN(CCNC(=O)c4ccc(F)cc4)CC3)cccc2c1. The van der Waals surface area contributed by atoms with Gasteiger partial charge in [0.05, 0.1) is 7.11 Å². The van der Waals surface area contributed by atoms with E-state index in [1.807, 2.05) is 6.07 Å². The first-order valence-electron chi connectivity index (χ1n) is 10.2. The Morgan fingerprint density at radius 2 is 1.80 bits per heavy atom. The number of halogens is 1. The number of carbonyl (C=O) groups excluding carboxylic acids is 1. The molecule has 0 unspecified atom stereocenters. The third-order valence-corrected chi connectivity index (χ3v) is 5.60. The van der Waals surface area contributed by atoms with Gasteiger partial charge in [0, 0.05) is 55.9 Å². The van der Waals surface area contributed by atoms with Crippen molar-refractivity contribution in [3.8, 4) is 5.75 Å². The molecule has 1 N–H and O–H groups in total. The number of rotatable bonds is 6. The lowest BCUT2D eigenvalue weighted by Crippen LogP contribution is -2.48. The zero-order chi connectivity index (χ0) is 20.9. The van der Waals surface area contributed by atoms with Gasteiger partial charge < -0.3 is 15.0 Å². The molecule has 4 rings (SSSR count). The predicted octanol–water partition coefficient (Wildman–Crippen LogP) is 3.54. The Kier molecular flexibility index (Phi) is 6.14. The number of fused-ring (bicyclic) bond motifs is 1. The molecule has 5 nitrogen and oxygen atoms in total. The Morgan fingerprint density at radius 3 is 2.53 bits per heavy atom. The number of methoxy groups -OCH3 is 1. The molecule has 1 aliphatic heterocycles. The van der Waals surface area contributed by atoms with Gasteiger partial charge in [-0.05, 0) is 53.9 Å². The lowest BCUT2D eigenvalue weighted by atomic mass is 10.1. The van der Waals surface area contributed by atoms with Gasteiger partial charge in [0.15, 0.2) is 0 Å². The van der Waals surface area contributed by atoms with Crippen LogP contribution in [0.15, 0.2) is 60.7 Å². The fourth-order valence-electron chi connectivity index (χ4n) is 3.89. The van der Waals surface area contributed by atoms with Crippen LogP contribution in [0.3, 0.4) is 0 Å². The van der Waals surface area contributed by atoms with Crippen LogP contribution in [0.25, 0.3) is 10.8 Å². The van der Waals surface area contributed by atoms with Gasteiger partial charge in [-0.15, -0.1) is 0 Å².